The zero-order valence-corrected chi connectivity index (χ0v) is 24.0. The van der Waals surface area contributed by atoms with Gasteiger partial charge in [-0.3, -0.25) is 9.36 Å². The Balaban J connectivity index is 1.15. The lowest BCUT2D eigenvalue weighted by Crippen LogP contribution is -2.20. The van der Waals surface area contributed by atoms with Crippen LogP contribution in [0.3, 0.4) is 0 Å². The molecule has 0 radical (unpaired) electrons. The number of hydrogen-bond donors (Lipinski definition) is 1. The molecular weight excluding hydrogens is 540 g/mol. The minimum Gasteiger partial charge on any atom is -0.341 e. The van der Waals surface area contributed by atoms with Crippen molar-refractivity contribution in [1.82, 2.24) is 24.8 Å². The van der Waals surface area contributed by atoms with Gasteiger partial charge < -0.3 is 4.57 Å². The summed E-state index contributed by atoms with van der Waals surface area (Å²) in [4.78, 5) is 12.7. The van der Waals surface area contributed by atoms with Crippen LogP contribution in [0.4, 0.5) is 0 Å². The van der Waals surface area contributed by atoms with E-state index in [0.29, 0.717) is 11.1 Å². The molecule has 1 aliphatic carbocycles. The topological polar surface area (TPSA) is 77.1 Å². The average molecular weight is 571 g/mol. The molecule has 1 aliphatic rings. The fourth-order valence-electron chi connectivity index (χ4n) is 5.67. The van der Waals surface area contributed by atoms with Crippen LogP contribution in [0, 0.1) is 0 Å². The SMILES string of the molecule is CCn1c2ccccc2c2cc(/C=N/NC(=O)CSc3nnc(-c4ccc(Cl)cc4)n3C3CCCCC3)ccc21. The Bertz CT molecular complexity index is 1680. The van der Waals surface area contributed by atoms with Gasteiger partial charge in [-0.15, -0.1) is 10.2 Å². The molecule has 0 saturated heterocycles. The Morgan fingerprint density at radius 1 is 1.02 bits per heavy atom. The highest BCUT2D eigenvalue weighted by Crippen LogP contribution is 2.36. The standard InChI is InChI=1S/C31H31ClN6OS/c1-2-37-27-11-7-6-10-25(27)26-18-21(12-17-28(26)37)19-33-34-29(39)20-40-31-36-35-30(22-13-15-23(32)16-14-22)38(31)24-8-4-3-5-9-24/h6-7,10-19,24H,2-5,8-9,20H2,1H3,(H,34,39)/b33-19+. The van der Waals surface area contributed by atoms with Crippen LogP contribution in [0.2, 0.25) is 5.02 Å². The summed E-state index contributed by atoms with van der Waals surface area (Å²) in [7, 11) is 0. The Labute approximate surface area is 242 Å². The van der Waals surface area contributed by atoms with E-state index in [9.17, 15) is 4.79 Å². The fourth-order valence-corrected chi connectivity index (χ4v) is 6.60. The summed E-state index contributed by atoms with van der Waals surface area (Å²) >= 11 is 7.51. The van der Waals surface area contributed by atoms with Gasteiger partial charge in [0.15, 0.2) is 11.0 Å². The van der Waals surface area contributed by atoms with Crippen LogP contribution in [0.5, 0.6) is 0 Å². The number of amides is 1. The first kappa shape index (κ1) is 26.6. The number of carbonyl (C=O) groups excluding carboxylic acids is 1. The van der Waals surface area contributed by atoms with Crippen LogP contribution in [0.25, 0.3) is 33.2 Å². The van der Waals surface area contributed by atoms with Gasteiger partial charge in [-0.25, -0.2) is 5.43 Å². The third-order valence-electron chi connectivity index (χ3n) is 7.55. The highest BCUT2D eigenvalue weighted by molar-refractivity contribution is 7.99. The maximum Gasteiger partial charge on any atom is 0.250 e. The molecule has 6 rings (SSSR count). The molecule has 5 aromatic rings. The smallest absolute Gasteiger partial charge is 0.250 e. The molecule has 3 aromatic carbocycles. The number of hydrogen-bond acceptors (Lipinski definition) is 5. The monoisotopic (exact) mass is 570 g/mol. The molecule has 40 heavy (non-hydrogen) atoms. The molecule has 204 valence electrons. The van der Waals surface area contributed by atoms with Crippen molar-refractivity contribution in [2.45, 2.75) is 56.8 Å². The summed E-state index contributed by atoms with van der Waals surface area (Å²) in [5.74, 6) is 0.840. The number of thioether (sulfide) groups is 1. The van der Waals surface area contributed by atoms with Gasteiger partial charge in [-0.05, 0) is 67.8 Å². The number of halogens is 1. The van der Waals surface area contributed by atoms with E-state index in [4.69, 9.17) is 11.6 Å². The summed E-state index contributed by atoms with van der Waals surface area (Å²) in [5.41, 5.74) is 7.01. The predicted molar refractivity (Wildman–Crippen MR) is 164 cm³/mol. The van der Waals surface area contributed by atoms with Crippen molar-refractivity contribution in [2.75, 3.05) is 5.75 Å². The molecule has 0 aliphatic heterocycles. The quantitative estimate of drug-likeness (QED) is 0.119. The van der Waals surface area contributed by atoms with Crippen LogP contribution >= 0.6 is 23.4 Å². The second-order valence-corrected chi connectivity index (χ2v) is 11.5. The van der Waals surface area contributed by atoms with E-state index in [2.05, 4.69) is 73.2 Å². The Morgan fingerprint density at radius 3 is 2.60 bits per heavy atom. The van der Waals surface area contributed by atoms with E-state index in [0.717, 1.165) is 41.5 Å². The lowest BCUT2D eigenvalue weighted by atomic mass is 9.95. The van der Waals surface area contributed by atoms with Gasteiger partial charge in [0.25, 0.3) is 5.91 Å². The lowest BCUT2D eigenvalue weighted by molar-refractivity contribution is -0.118. The number of rotatable bonds is 8. The van der Waals surface area contributed by atoms with Gasteiger partial charge in [-0.2, -0.15) is 5.10 Å². The summed E-state index contributed by atoms with van der Waals surface area (Å²) in [5, 5.41) is 17.1. The van der Waals surface area contributed by atoms with E-state index in [1.807, 2.05) is 30.3 Å². The Morgan fingerprint density at radius 2 is 1.80 bits per heavy atom. The number of aromatic nitrogens is 4. The van der Waals surface area contributed by atoms with Gasteiger partial charge in [0.05, 0.1) is 12.0 Å². The number of fused-ring (bicyclic) bond motifs is 3. The first-order valence-corrected chi connectivity index (χ1v) is 15.1. The number of carbonyl (C=O) groups is 1. The van der Waals surface area contributed by atoms with Crippen molar-refractivity contribution >= 4 is 57.3 Å². The van der Waals surface area contributed by atoms with E-state index < -0.39 is 0 Å². The minimum atomic E-state index is -0.184. The second-order valence-electron chi connectivity index (χ2n) is 10.1. The normalized spacial score (nSPS) is 14.4. The van der Waals surface area contributed by atoms with Crippen molar-refractivity contribution in [3.63, 3.8) is 0 Å². The molecule has 1 saturated carbocycles. The number of aryl methyl sites for hydroxylation is 1. The first-order chi connectivity index (χ1) is 19.6. The fraction of sp³-hybridized carbons (Fsp3) is 0.290. The Hall–Kier alpha value is -3.62. The van der Waals surface area contributed by atoms with Crippen molar-refractivity contribution < 1.29 is 4.79 Å². The molecule has 0 atom stereocenters. The van der Waals surface area contributed by atoms with Gasteiger partial charge >= 0.3 is 0 Å². The maximum absolute atomic E-state index is 12.7. The number of hydrazone groups is 1. The third-order valence-corrected chi connectivity index (χ3v) is 8.75. The van der Waals surface area contributed by atoms with Crippen molar-refractivity contribution in [2.24, 2.45) is 5.10 Å². The molecule has 0 unspecified atom stereocenters. The molecule has 2 heterocycles. The number of para-hydroxylation sites is 1. The summed E-state index contributed by atoms with van der Waals surface area (Å²) < 4.78 is 4.53. The van der Waals surface area contributed by atoms with Gasteiger partial charge in [0.1, 0.15) is 0 Å². The van der Waals surface area contributed by atoms with Gasteiger partial charge in [-0.1, -0.05) is 66.9 Å². The van der Waals surface area contributed by atoms with Crippen molar-refractivity contribution in [3.8, 4) is 11.4 Å². The van der Waals surface area contributed by atoms with Gasteiger partial charge in [0, 0.05) is 45.0 Å². The molecule has 0 spiro atoms. The number of nitrogens with one attached hydrogen (secondary N) is 1. The van der Waals surface area contributed by atoms with Crippen LogP contribution in [-0.4, -0.2) is 37.2 Å². The molecule has 0 bridgehead atoms. The second kappa shape index (κ2) is 11.9. The summed E-state index contributed by atoms with van der Waals surface area (Å²) in [6.45, 7) is 3.06. The van der Waals surface area contributed by atoms with Crippen LogP contribution < -0.4 is 5.43 Å². The maximum atomic E-state index is 12.7. The van der Waals surface area contributed by atoms with E-state index >= 15 is 0 Å². The first-order valence-electron chi connectivity index (χ1n) is 13.8. The highest BCUT2D eigenvalue weighted by Gasteiger charge is 2.24. The van der Waals surface area contributed by atoms with Crippen LogP contribution in [0.15, 0.2) is 77.0 Å². The average Bonchev–Trinajstić information content (AvgIpc) is 3.56. The molecular formula is C31H31ClN6OS. The molecule has 1 N–H and O–H groups in total. The highest BCUT2D eigenvalue weighted by atomic mass is 35.5. The number of nitrogens with zero attached hydrogens (tertiary/aromatic N) is 5. The van der Waals surface area contributed by atoms with E-state index in [-0.39, 0.29) is 11.7 Å². The number of benzene rings is 3. The largest absolute Gasteiger partial charge is 0.341 e. The third kappa shape index (κ3) is 5.38. The van der Waals surface area contributed by atoms with Crippen molar-refractivity contribution in [1.29, 1.82) is 0 Å². The van der Waals surface area contributed by atoms with Crippen molar-refractivity contribution in [3.05, 3.63) is 77.3 Å². The molecule has 7 nitrogen and oxygen atoms in total. The zero-order chi connectivity index (χ0) is 27.5. The lowest BCUT2D eigenvalue weighted by Gasteiger charge is -2.25. The van der Waals surface area contributed by atoms with Gasteiger partial charge in [0.2, 0.25) is 0 Å². The van der Waals surface area contributed by atoms with E-state index in [1.54, 1.807) is 6.21 Å². The van der Waals surface area contributed by atoms with Crippen LogP contribution in [-0.2, 0) is 11.3 Å². The van der Waals surface area contributed by atoms with E-state index in [1.165, 1.54) is 52.8 Å². The predicted octanol–water partition coefficient (Wildman–Crippen LogP) is 7.47. The molecule has 1 fully saturated rings. The minimum absolute atomic E-state index is 0.184. The van der Waals surface area contributed by atoms with Crippen LogP contribution in [0.1, 0.15) is 50.6 Å². The molecule has 2 aromatic heterocycles. The Kier molecular flexibility index (Phi) is 7.89. The zero-order valence-electron chi connectivity index (χ0n) is 22.4. The summed E-state index contributed by atoms with van der Waals surface area (Å²) in [6, 6.07) is 22.7. The molecule has 1 amide bonds. The molecule has 9 heteroatoms. The summed E-state index contributed by atoms with van der Waals surface area (Å²) in [6.07, 6.45) is 7.50.